The van der Waals surface area contributed by atoms with Gasteiger partial charge in [-0.2, -0.15) is 0 Å². The second kappa shape index (κ2) is 17.8. The Morgan fingerprint density at radius 1 is 0.683 bits per heavy atom. The Morgan fingerprint density at radius 3 is 1.87 bits per heavy atom. The summed E-state index contributed by atoms with van der Waals surface area (Å²) in [5.41, 5.74) is 3.37. The molecule has 0 saturated carbocycles. The van der Waals surface area contributed by atoms with E-state index in [0.717, 1.165) is 17.2 Å². The highest BCUT2D eigenvalue weighted by molar-refractivity contribution is 6.09. The Morgan fingerprint density at radius 2 is 1.25 bits per heavy atom. The molecule has 1 aliphatic heterocycles. The van der Waals surface area contributed by atoms with Gasteiger partial charge in [0.15, 0.2) is 5.78 Å². The second-order valence-corrected chi connectivity index (χ2v) is 14.4. The monoisotopic (exact) mass is 810 g/mol. The molecule has 0 spiro atoms. The number of hydrogen-bond acceptors (Lipinski definition) is 9. The summed E-state index contributed by atoms with van der Waals surface area (Å²) in [6.07, 6.45) is 2.99. The highest BCUT2D eigenvalue weighted by Gasteiger charge is 2.34. The largest absolute Gasteiger partial charge is 0.508 e. The van der Waals surface area contributed by atoms with Crippen LogP contribution in [-0.2, 0) is 16.0 Å². The lowest BCUT2D eigenvalue weighted by Gasteiger charge is -2.24. The molecule has 4 amide bonds. The summed E-state index contributed by atoms with van der Waals surface area (Å²) >= 11 is 0. The highest BCUT2D eigenvalue weighted by Crippen LogP contribution is 2.33. The van der Waals surface area contributed by atoms with Crippen molar-refractivity contribution in [1.82, 2.24) is 4.90 Å². The predicted octanol–water partition coefficient (Wildman–Crippen LogP) is 7.08. The van der Waals surface area contributed by atoms with Crippen molar-refractivity contribution in [2.45, 2.75) is 46.1 Å². The van der Waals surface area contributed by atoms with Gasteiger partial charge >= 0.3 is 5.97 Å². The number of carboxylic acid groups (broad SMARTS) is 1. The normalized spacial score (nSPS) is 13.7. The van der Waals surface area contributed by atoms with Crippen LogP contribution in [0.1, 0.15) is 83.5 Å². The fourth-order valence-electron chi connectivity index (χ4n) is 6.78. The van der Waals surface area contributed by atoms with E-state index in [0.29, 0.717) is 36.2 Å². The van der Waals surface area contributed by atoms with E-state index in [1.54, 1.807) is 73.7 Å². The van der Waals surface area contributed by atoms with Crippen molar-refractivity contribution in [3.8, 4) is 17.2 Å². The van der Waals surface area contributed by atoms with Gasteiger partial charge in [-0.25, -0.2) is 4.79 Å². The Balaban J connectivity index is 1.03. The number of amides is 4. The number of benzene rings is 5. The van der Waals surface area contributed by atoms with E-state index in [1.165, 1.54) is 49.1 Å². The van der Waals surface area contributed by atoms with Gasteiger partial charge in [0.25, 0.3) is 17.7 Å². The molecule has 1 fully saturated rings. The molecule has 306 valence electrons. The Bertz CT molecular complexity index is 2550. The standard InChI is InChI=1S/C46H42N4O10/c1-25(23-28-8-16-33(51)17-9-28)39(52)24-29-6-10-31(11-7-29)45(58)50-22-4-5-38(50)44(57)47-32-14-12-30(13-15-32)42(55)48-36-20-18-34(40(53)26(36)2)43(56)49-37-21-19-35(46(59)60)41(54)27(37)3/h6-21,23,38,51,53-54H,4-5,22,24H2,1-3H3,(H,47,57)(H,48,55)(H,49,56)(H,59,60)/b25-23+/t38-/m0/s1. The number of carbonyl (C=O) groups is 6. The summed E-state index contributed by atoms with van der Waals surface area (Å²) in [4.78, 5) is 78.8. The molecule has 1 atom stereocenters. The van der Waals surface area contributed by atoms with Crippen LogP contribution in [0.3, 0.4) is 0 Å². The first-order chi connectivity index (χ1) is 28.6. The Labute approximate surface area is 344 Å². The molecule has 14 heteroatoms. The first-order valence-electron chi connectivity index (χ1n) is 18.9. The lowest BCUT2D eigenvalue weighted by atomic mass is 10.0. The SMILES string of the molecule is C/C(=C\c1ccc(O)cc1)C(=O)Cc1ccc(C(=O)N2CCC[C@H]2C(=O)Nc2ccc(C(=O)Nc3ccc(C(=O)Nc4ccc(C(=O)O)c(O)c4C)c(O)c3C)cc2)cc1. The average molecular weight is 811 g/mol. The van der Waals surface area contributed by atoms with Gasteiger partial charge in [-0.1, -0.05) is 24.3 Å². The van der Waals surface area contributed by atoms with Crippen LogP contribution in [-0.4, -0.2) is 73.3 Å². The third-order valence-corrected chi connectivity index (χ3v) is 10.3. The summed E-state index contributed by atoms with van der Waals surface area (Å²) in [6, 6.07) is 23.9. The second-order valence-electron chi connectivity index (χ2n) is 14.4. The zero-order valence-corrected chi connectivity index (χ0v) is 32.9. The molecule has 5 aromatic carbocycles. The molecule has 60 heavy (non-hydrogen) atoms. The molecule has 5 aromatic rings. The maximum Gasteiger partial charge on any atom is 0.339 e. The third-order valence-electron chi connectivity index (χ3n) is 10.3. The molecule has 1 heterocycles. The molecule has 0 aliphatic carbocycles. The number of nitrogens with zero attached hydrogens (tertiary/aromatic N) is 1. The summed E-state index contributed by atoms with van der Waals surface area (Å²) in [5.74, 6) is -4.11. The molecule has 7 N–H and O–H groups in total. The molecule has 0 radical (unpaired) electrons. The molecule has 0 aromatic heterocycles. The number of hydrogen-bond donors (Lipinski definition) is 7. The molecule has 1 aliphatic rings. The van der Waals surface area contributed by atoms with Crippen LogP contribution in [0.25, 0.3) is 6.08 Å². The van der Waals surface area contributed by atoms with E-state index in [1.807, 2.05) is 0 Å². The van der Waals surface area contributed by atoms with Gasteiger partial charge in [0.05, 0.1) is 5.56 Å². The van der Waals surface area contributed by atoms with Gasteiger partial charge in [-0.05, 0) is 129 Å². The lowest BCUT2D eigenvalue weighted by molar-refractivity contribution is -0.119. The number of aromatic hydroxyl groups is 3. The van der Waals surface area contributed by atoms with Gasteiger partial charge < -0.3 is 41.3 Å². The van der Waals surface area contributed by atoms with Gasteiger partial charge in [-0.3, -0.25) is 24.0 Å². The molecular formula is C46H42N4O10. The zero-order chi connectivity index (χ0) is 43.2. The van der Waals surface area contributed by atoms with Gasteiger partial charge in [-0.15, -0.1) is 0 Å². The van der Waals surface area contributed by atoms with E-state index in [4.69, 9.17) is 0 Å². The number of carbonyl (C=O) groups excluding carboxylic acids is 5. The summed E-state index contributed by atoms with van der Waals surface area (Å²) in [5, 5.41) is 47.9. The number of phenols is 3. The van der Waals surface area contributed by atoms with Gasteiger partial charge in [0, 0.05) is 52.3 Å². The number of Topliss-reactive ketones (excluding diaryl/α,β-unsaturated/α-hetero) is 1. The number of carboxylic acids is 1. The van der Waals surface area contributed by atoms with Crippen LogP contribution in [0.15, 0.2) is 103 Å². The highest BCUT2D eigenvalue weighted by atomic mass is 16.4. The van der Waals surface area contributed by atoms with Crippen molar-refractivity contribution in [2.75, 3.05) is 22.5 Å². The van der Waals surface area contributed by atoms with Crippen LogP contribution in [0.4, 0.5) is 17.1 Å². The van der Waals surface area contributed by atoms with Crippen molar-refractivity contribution in [3.05, 3.63) is 147 Å². The van der Waals surface area contributed by atoms with Crippen LogP contribution in [0, 0.1) is 13.8 Å². The minimum absolute atomic E-state index is 0.0820. The number of aromatic carboxylic acids is 1. The Hall–Kier alpha value is -7.74. The first-order valence-corrected chi connectivity index (χ1v) is 18.9. The minimum atomic E-state index is -1.33. The first kappa shape index (κ1) is 41.9. The molecule has 6 rings (SSSR count). The van der Waals surface area contributed by atoms with Crippen LogP contribution in [0.2, 0.25) is 0 Å². The number of anilines is 3. The number of nitrogens with one attached hydrogen (secondary N) is 3. The topological polar surface area (TPSA) is 223 Å². The number of likely N-dealkylation sites (tertiary alicyclic amines) is 1. The predicted molar refractivity (Wildman–Crippen MR) is 225 cm³/mol. The average Bonchev–Trinajstić information content (AvgIpc) is 3.73. The number of rotatable bonds is 12. The van der Waals surface area contributed by atoms with Gasteiger partial charge in [0.2, 0.25) is 5.91 Å². The van der Waals surface area contributed by atoms with Crippen molar-refractivity contribution in [2.24, 2.45) is 0 Å². The fourth-order valence-corrected chi connectivity index (χ4v) is 6.78. The quantitative estimate of drug-likeness (QED) is 0.0634. The zero-order valence-electron chi connectivity index (χ0n) is 32.9. The molecular weight excluding hydrogens is 769 g/mol. The van der Waals surface area contributed by atoms with E-state index < -0.39 is 35.3 Å². The summed E-state index contributed by atoms with van der Waals surface area (Å²) < 4.78 is 0. The van der Waals surface area contributed by atoms with Gasteiger partial charge in [0.1, 0.15) is 28.9 Å². The Kier molecular flexibility index (Phi) is 12.4. The van der Waals surface area contributed by atoms with Crippen LogP contribution >= 0.6 is 0 Å². The summed E-state index contributed by atoms with van der Waals surface area (Å²) in [7, 11) is 0. The van der Waals surface area contributed by atoms with Crippen molar-refractivity contribution >= 4 is 58.5 Å². The minimum Gasteiger partial charge on any atom is -0.508 e. The van der Waals surface area contributed by atoms with E-state index >= 15 is 0 Å². The molecule has 0 unspecified atom stereocenters. The number of phenolic OH excluding ortho intramolecular Hbond substituents is 2. The molecule has 1 saturated heterocycles. The number of ketones is 1. The van der Waals surface area contributed by atoms with E-state index in [9.17, 15) is 49.2 Å². The van der Waals surface area contributed by atoms with E-state index in [2.05, 4.69) is 16.0 Å². The van der Waals surface area contributed by atoms with Crippen LogP contribution in [0.5, 0.6) is 17.2 Å². The maximum atomic E-state index is 13.5. The third kappa shape index (κ3) is 9.34. The van der Waals surface area contributed by atoms with Crippen molar-refractivity contribution in [3.63, 3.8) is 0 Å². The fraction of sp³-hybridized carbons (Fsp3) is 0.174. The smallest absolute Gasteiger partial charge is 0.339 e. The summed E-state index contributed by atoms with van der Waals surface area (Å²) in [6.45, 7) is 5.07. The van der Waals surface area contributed by atoms with Crippen molar-refractivity contribution in [1.29, 1.82) is 0 Å². The molecule has 0 bridgehead atoms. The lowest BCUT2D eigenvalue weighted by Crippen LogP contribution is -2.43. The van der Waals surface area contributed by atoms with E-state index in [-0.39, 0.29) is 69.0 Å². The number of allylic oxidation sites excluding steroid dienone is 1. The van der Waals surface area contributed by atoms with Crippen molar-refractivity contribution < 1.29 is 49.2 Å². The van der Waals surface area contributed by atoms with Crippen LogP contribution < -0.4 is 16.0 Å². The maximum absolute atomic E-state index is 13.5. The molecule has 14 nitrogen and oxygen atoms in total.